The standard InChI is InChI=1S/C23H29N3O2.ClH/c27-23(16-22-21-9-2-1-6-18(21)11-15-28-22)26(17-19-7-3-4-13-25-19)20-8-5-12-24-14-10-20;/h1-4,6-7,9,13,20,22,24H,5,8,10-12,14-17H2;1H. The van der Waals surface area contributed by atoms with Gasteiger partial charge < -0.3 is 15.0 Å². The van der Waals surface area contributed by atoms with Crippen LogP contribution in [0.2, 0.25) is 0 Å². The lowest BCUT2D eigenvalue weighted by atomic mass is 9.95. The second kappa shape index (κ2) is 10.7. The average Bonchev–Trinajstić information content (AvgIpc) is 3.02. The van der Waals surface area contributed by atoms with Crippen molar-refractivity contribution < 1.29 is 9.53 Å². The van der Waals surface area contributed by atoms with Crippen LogP contribution in [0.4, 0.5) is 0 Å². The topological polar surface area (TPSA) is 54.5 Å². The fraction of sp³-hybridized carbons (Fsp3) is 0.478. The molecule has 0 aliphatic carbocycles. The smallest absolute Gasteiger partial charge is 0.226 e. The van der Waals surface area contributed by atoms with Crippen molar-refractivity contribution >= 4 is 18.3 Å². The van der Waals surface area contributed by atoms with Gasteiger partial charge in [0, 0.05) is 12.2 Å². The second-order valence-electron chi connectivity index (χ2n) is 7.69. The highest BCUT2D eigenvalue weighted by Crippen LogP contribution is 2.31. The van der Waals surface area contributed by atoms with E-state index in [1.54, 1.807) is 6.20 Å². The number of amides is 1. The normalized spacial score (nSPS) is 21.4. The Kier molecular flexibility index (Phi) is 8.04. The van der Waals surface area contributed by atoms with Gasteiger partial charge in [0.2, 0.25) is 5.91 Å². The number of nitrogens with zero attached hydrogens (tertiary/aromatic N) is 2. The lowest BCUT2D eigenvalue weighted by Gasteiger charge is -2.33. The monoisotopic (exact) mass is 415 g/mol. The molecule has 0 saturated carbocycles. The summed E-state index contributed by atoms with van der Waals surface area (Å²) in [5.41, 5.74) is 3.42. The molecule has 2 aliphatic heterocycles. The number of fused-ring (bicyclic) bond motifs is 1. The van der Waals surface area contributed by atoms with Crippen molar-refractivity contribution in [1.29, 1.82) is 0 Å². The van der Waals surface area contributed by atoms with Gasteiger partial charge in [-0.1, -0.05) is 30.3 Å². The minimum absolute atomic E-state index is 0. The lowest BCUT2D eigenvalue weighted by molar-refractivity contribution is -0.138. The second-order valence-corrected chi connectivity index (χ2v) is 7.69. The molecule has 5 nitrogen and oxygen atoms in total. The van der Waals surface area contributed by atoms with Crippen LogP contribution in [0.25, 0.3) is 0 Å². The van der Waals surface area contributed by atoms with Gasteiger partial charge in [-0.3, -0.25) is 9.78 Å². The van der Waals surface area contributed by atoms with Crippen molar-refractivity contribution in [2.24, 2.45) is 0 Å². The van der Waals surface area contributed by atoms with Gasteiger partial charge in [-0.2, -0.15) is 0 Å². The van der Waals surface area contributed by atoms with Crippen LogP contribution in [-0.2, 0) is 22.5 Å². The van der Waals surface area contributed by atoms with E-state index in [9.17, 15) is 4.79 Å². The minimum atomic E-state index is -0.146. The average molecular weight is 416 g/mol. The summed E-state index contributed by atoms with van der Waals surface area (Å²) in [5, 5.41) is 3.45. The summed E-state index contributed by atoms with van der Waals surface area (Å²) in [6.07, 6.45) is 6.09. The van der Waals surface area contributed by atoms with Crippen molar-refractivity contribution in [3.63, 3.8) is 0 Å². The molecule has 156 valence electrons. The minimum Gasteiger partial charge on any atom is -0.373 e. The third-order valence-corrected chi connectivity index (χ3v) is 5.82. The highest BCUT2D eigenvalue weighted by atomic mass is 35.5. The fourth-order valence-corrected chi connectivity index (χ4v) is 4.32. The Labute approximate surface area is 179 Å². The van der Waals surface area contributed by atoms with E-state index in [4.69, 9.17) is 4.74 Å². The molecule has 0 bridgehead atoms. The van der Waals surface area contributed by atoms with Crippen molar-refractivity contribution in [3.05, 3.63) is 65.5 Å². The van der Waals surface area contributed by atoms with Crippen LogP contribution in [-0.4, -0.2) is 41.5 Å². The van der Waals surface area contributed by atoms with E-state index < -0.39 is 0 Å². The predicted octanol–water partition coefficient (Wildman–Crippen LogP) is 3.68. The van der Waals surface area contributed by atoms with Crippen LogP contribution in [0.5, 0.6) is 0 Å². The maximum absolute atomic E-state index is 13.4. The Morgan fingerprint density at radius 1 is 1.14 bits per heavy atom. The highest BCUT2D eigenvalue weighted by molar-refractivity contribution is 5.85. The summed E-state index contributed by atoms with van der Waals surface area (Å²) >= 11 is 0. The third kappa shape index (κ3) is 5.56. The van der Waals surface area contributed by atoms with Gasteiger partial charge in [0.1, 0.15) is 0 Å². The molecule has 2 atom stereocenters. The first-order valence-corrected chi connectivity index (χ1v) is 10.4. The summed E-state index contributed by atoms with van der Waals surface area (Å²) in [6.45, 7) is 3.24. The Bertz CT molecular complexity index is 779. The number of aromatic nitrogens is 1. The van der Waals surface area contributed by atoms with Gasteiger partial charge in [-0.05, 0) is 62.0 Å². The van der Waals surface area contributed by atoms with Crippen LogP contribution in [0.1, 0.15) is 48.6 Å². The maximum atomic E-state index is 13.4. The van der Waals surface area contributed by atoms with E-state index >= 15 is 0 Å². The zero-order valence-corrected chi connectivity index (χ0v) is 17.6. The van der Waals surface area contributed by atoms with E-state index in [1.165, 1.54) is 11.1 Å². The first kappa shape index (κ1) is 21.8. The number of benzene rings is 1. The molecule has 6 heteroatoms. The van der Waals surface area contributed by atoms with Crippen LogP contribution >= 0.6 is 12.4 Å². The molecule has 1 aromatic carbocycles. The number of carbonyl (C=O) groups excluding carboxylic acids is 1. The number of rotatable bonds is 5. The van der Waals surface area contributed by atoms with Crippen molar-refractivity contribution in [2.75, 3.05) is 19.7 Å². The molecule has 1 amide bonds. The molecular formula is C23H30ClN3O2. The van der Waals surface area contributed by atoms with Crippen molar-refractivity contribution in [2.45, 2.75) is 50.8 Å². The van der Waals surface area contributed by atoms with E-state index in [-0.39, 0.29) is 30.5 Å². The van der Waals surface area contributed by atoms with E-state index in [0.29, 0.717) is 19.6 Å². The Balaban J connectivity index is 0.00000240. The van der Waals surface area contributed by atoms with Crippen LogP contribution < -0.4 is 5.32 Å². The summed E-state index contributed by atoms with van der Waals surface area (Å²) < 4.78 is 6.01. The molecule has 2 aliphatic rings. The van der Waals surface area contributed by atoms with Gasteiger partial charge in [-0.25, -0.2) is 0 Å². The lowest BCUT2D eigenvalue weighted by Crippen LogP contribution is -2.41. The molecule has 1 N–H and O–H groups in total. The Morgan fingerprint density at radius 3 is 2.86 bits per heavy atom. The molecule has 4 rings (SSSR count). The van der Waals surface area contributed by atoms with Crippen molar-refractivity contribution in [3.8, 4) is 0 Å². The zero-order valence-electron chi connectivity index (χ0n) is 16.8. The summed E-state index contributed by atoms with van der Waals surface area (Å²) in [7, 11) is 0. The summed E-state index contributed by atoms with van der Waals surface area (Å²) in [5.74, 6) is 0.166. The number of hydrogen-bond donors (Lipinski definition) is 1. The fourth-order valence-electron chi connectivity index (χ4n) is 4.32. The van der Waals surface area contributed by atoms with Gasteiger partial charge in [0.25, 0.3) is 0 Å². The molecule has 29 heavy (non-hydrogen) atoms. The van der Waals surface area contributed by atoms with E-state index in [2.05, 4.69) is 33.4 Å². The predicted molar refractivity (Wildman–Crippen MR) is 116 cm³/mol. The zero-order chi connectivity index (χ0) is 19.2. The third-order valence-electron chi connectivity index (χ3n) is 5.82. The molecule has 1 fully saturated rings. The number of nitrogens with one attached hydrogen (secondary N) is 1. The molecule has 1 saturated heterocycles. The van der Waals surface area contributed by atoms with Crippen LogP contribution in [0.15, 0.2) is 48.7 Å². The van der Waals surface area contributed by atoms with Crippen LogP contribution in [0.3, 0.4) is 0 Å². The number of pyridine rings is 1. The highest BCUT2D eigenvalue weighted by Gasteiger charge is 2.29. The number of hydrogen-bond acceptors (Lipinski definition) is 4. The quantitative estimate of drug-likeness (QED) is 0.809. The molecular weight excluding hydrogens is 386 g/mol. The summed E-state index contributed by atoms with van der Waals surface area (Å²) in [4.78, 5) is 19.9. The molecule has 3 heterocycles. The van der Waals surface area contributed by atoms with E-state index in [0.717, 1.165) is 44.5 Å². The number of carbonyl (C=O) groups is 1. The molecule has 0 radical (unpaired) electrons. The van der Waals surface area contributed by atoms with Gasteiger partial charge in [0.05, 0.1) is 31.4 Å². The Hall–Kier alpha value is -1.95. The Morgan fingerprint density at radius 2 is 2.00 bits per heavy atom. The van der Waals surface area contributed by atoms with Crippen LogP contribution in [0, 0.1) is 0 Å². The first-order valence-electron chi connectivity index (χ1n) is 10.4. The van der Waals surface area contributed by atoms with Gasteiger partial charge in [-0.15, -0.1) is 12.4 Å². The largest absolute Gasteiger partial charge is 0.373 e. The van der Waals surface area contributed by atoms with Gasteiger partial charge >= 0.3 is 0 Å². The maximum Gasteiger partial charge on any atom is 0.226 e. The molecule has 2 unspecified atom stereocenters. The van der Waals surface area contributed by atoms with Crippen molar-refractivity contribution in [1.82, 2.24) is 15.2 Å². The first-order chi connectivity index (χ1) is 13.8. The summed E-state index contributed by atoms with van der Waals surface area (Å²) in [6, 6.07) is 14.5. The SMILES string of the molecule is Cl.O=C(CC1OCCc2ccccc21)N(Cc1ccccn1)C1CCCNCC1. The molecule has 0 spiro atoms. The number of ether oxygens (including phenoxy) is 1. The molecule has 2 aromatic rings. The van der Waals surface area contributed by atoms with E-state index in [1.807, 2.05) is 24.3 Å². The number of halogens is 1. The molecule has 1 aromatic heterocycles. The van der Waals surface area contributed by atoms with Gasteiger partial charge in [0.15, 0.2) is 0 Å².